The maximum absolute atomic E-state index is 11.3. The van der Waals surface area contributed by atoms with Crippen molar-refractivity contribution in [2.45, 2.75) is 6.92 Å². The van der Waals surface area contributed by atoms with Gasteiger partial charge in [-0.25, -0.2) is 9.59 Å². The van der Waals surface area contributed by atoms with Crippen LogP contribution in [0.4, 0.5) is 0 Å². The predicted octanol–water partition coefficient (Wildman–Crippen LogP) is 0.801. The number of hydrogen-bond donors (Lipinski definition) is 0. The van der Waals surface area contributed by atoms with Gasteiger partial charge in [-0.05, 0) is 19.1 Å². The monoisotopic (exact) mass is 209 g/mol. The summed E-state index contributed by atoms with van der Waals surface area (Å²) in [7, 11) is 0. The van der Waals surface area contributed by atoms with Crippen molar-refractivity contribution in [3.05, 3.63) is 30.1 Å². The molecule has 0 unspecified atom stereocenters. The molecule has 0 atom stereocenters. The Hall–Kier alpha value is -1.91. The van der Waals surface area contributed by atoms with Gasteiger partial charge in [-0.1, -0.05) is 0 Å². The number of esters is 2. The minimum absolute atomic E-state index is 0.267. The van der Waals surface area contributed by atoms with Crippen LogP contribution in [0.1, 0.15) is 17.3 Å². The summed E-state index contributed by atoms with van der Waals surface area (Å²) in [4.78, 5) is 25.9. The zero-order chi connectivity index (χ0) is 11.1. The Kier molecular flexibility index (Phi) is 4.28. The molecule has 15 heavy (non-hydrogen) atoms. The summed E-state index contributed by atoms with van der Waals surface area (Å²) in [6.45, 7) is 1.58. The van der Waals surface area contributed by atoms with Crippen molar-refractivity contribution in [2.75, 3.05) is 13.2 Å². The van der Waals surface area contributed by atoms with Crippen molar-refractivity contribution in [3.8, 4) is 0 Å². The molecule has 0 amide bonds. The fraction of sp³-hybridized carbons (Fsp3) is 0.300. The summed E-state index contributed by atoms with van der Waals surface area (Å²) in [5.41, 5.74) is 0.307. The lowest BCUT2D eigenvalue weighted by Crippen LogP contribution is -2.16. The van der Waals surface area contributed by atoms with Gasteiger partial charge in [-0.15, -0.1) is 0 Å². The van der Waals surface area contributed by atoms with E-state index < -0.39 is 11.9 Å². The van der Waals surface area contributed by atoms with Gasteiger partial charge in [-0.2, -0.15) is 0 Å². The third-order valence-corrected chi connectivity index (χ3v) is 1.52. The fourth-order valence-corrected chi connectivity index (χ4v) is 0.894. The lowest BCUT2D eigenvalue weighted by molar-refractivity contribution is -0.146. The Morgan fingerprint density at radius 2 is 2.20 bits per heavy atom. The normalized spacial score (nSPS) is 9.40. The molecule has 0 bridgehead atoms. The number of rotatable bonds is 4. The standard InChI is InChI=1S/C10H11NO4/c1-2-14-9(12)7-15-10(13)8-4-3-5-11-6-8/h3-6H,2,7H2,1H3. The first-order valence-electron chi connectivity index (χ1n) is 4.46. The van der Waals surface area contributed by atoms with Crippen LogP contribution >= 0.6 is 0 Å². The number of carbonyl (C=O) groups excluding carboxylic acids is 2. The van der Waals surface area contributed by atoms with E-state index in [1.165, 1.54) is 6.20 Å². The lowest BCUT2D eigenvalue weighted by Gasteiger charge is -2.03. The molecule has 5 nitrogen and oxygen atoms in total. The van der Waals surface area contributed by atoms with Gasteiger partial charge in [0, 0.05) is 12.4 Å². The first-order valence-corrected chi connectivity index (χ1v) is 4.46. The minimum atomic E-state index is -0.587. The Morgan fingerprint density at radius 1 is 1.40 bits per heavy atom. The van der Waals surface area contributed by atoms with Gasteiger partial charge in [0.05, 0.1) is 12.2 Å². The molecule has 80 valence electrons. The number of ether oxygens (including phenoxy) is 2. The van der Waals surface area contributed by atoms with E-state index >= 15 is 0 Å². The molecule has 0 radical (unpaired) electrons. The highest BCUT2D eigenvalue weighted by Crippen LogP contribution is 1.98. The summed E-state index contributed by atoms with van der Waals surface area (Å²) in [5.74, 6) is -1.15. The molecule has 5 heteroatoms. The smallest absolute Gasteiger partial charge is 0.344 e. The molecule has 1 heterocycles. The molecular formula is C10H11NO4. The van der Waals surface area contributed by atoms with Crippen LogP contribution in [-0.2, 0) is 14.3 Å². The van der Waals surface area contributed by atoms with Crippen molar-refractivity contribution < 1.29 is 19.1 Å². The summed E-state index contributed by atoms with van der Waals surface area (Å²) in [5, 5.41) is 0. The molecule has 0 N–H and O–H groups in total. The van der Waals surface area contributed by atoms with Crippen molar-refractivity contribution in [1.82, 2.24) is 4.98 Å². The molecule has 1 rings (SSSR count). The molecule has 0 saturated carbocycles. The number of pyridine rings is 1. The van der Waals surface area contributed by atoms with Crippen LogP contribution in [0.2, 0.25) is 0 Å². The molecule has 0 fully saturated rings. The number of hydrogen-bond acceptors (Lipinski definition) is 5. The summed E-state index contributed by atoms with van der Waals surface area (Å²) in [6, 6.07) is 3.17. The van der Waals surface area contributed by atoms with E-state index in [2.05, 4.69) is 14.5 Å². The second-order valence-electron chi connectivity index (χ2n) is 2.62. The Bertz CT molecular complexity index is 337. The molecule has 0 aliphatic heterocycles. The topological polar surface area (TPSA) is 65.5 Å². The number of carbonyl (C=O) groups is 2. The molecular weight excluding hydrogens is 198 g/mol. The van der Waals surface area contributed by atoms with Crippen LogP contribution in [0.25, 0.3) is 0 Å². The third-order valence-electron chi connectivity index (χ3n) is 1.52. The van der Waals surface area contributed by atoms with E-state index in [4.69, 9.17) is 0 Å². The molecule has 0 spiro atoms. The Balaban J connectivity index is 2.40. The number of aromatic nitrogens is 1. The zero-order valence-corrected chi connectivity index (χ0v) is 8.30. The highest BCUT2D eigenvalue weighted by molar-refractivity contribution is 5.90. The molecule has 0 aliphatic carbocycles. The van der Waals surface area contributed by atoms with Crippen LogP contribution in [0, 0.1) is 0 Å². The summed E-state index contributed by atoms with van der Waals surface area (Å²) < 4.78 is 9.29. The second kappa shape index (κ2) is 5.74. The van der Waals surface area contributed by atoms with Crippen LogP contribution in [-0.4, -0.2) is 30.1 Å². The SMILES string of the molecule is CCOC(=O)COC(=O)c1cccnc1. The number of nitrogens with zero attached hydrogens (tertiary/aromatic N) is 1. The van der Waals surface area contributed by atoms with Crippen LogP contribution in [0.15, 0.2) is 24.5 Å². The maximum Gasteiger partial charge on any atom is 0.344 e. The van der Waals surface area contributed by atoms with Gasteiger partial charge < -0.3 is 9.47 Å². The maximum atomic E-state index is 11.3. The van der Waals surface area contributed by atoms with Crippen molar-refractivity contribution in [1.29, 1.82) is 0 Å². The Morgan fingerprint density at radius 3 is 2.80 bits per heavy atom. The summed E-state index contributed by atoms with van der Waals surface area (Å²) in [6.07, 6.45) is 2.91. The van der Waals surface area contributed by atoms with Crippen molar-refractivity contribution >= 4 is 11.9 Å². The van der Waals surface area contributed by atoms with Crippen LogP contribution in [0.3, 0.4) is 0 Å². The van der Waals surface area contributed by atoms with Crippen LogP contribution < -0.4 is 0 Å². The average molecular weight is 209 g/mol. The average Bonchev–Trinajstić information content (AvgIpc) is 2.27. The molecule has 0 saturated heterocycles. The van der Waals surface area contributed by atoms with Crippen molar-refractivity contribution in [2.24, 2.45) is 0 Å². The quantitative estimate of drug-likeness (QED) is 0.686. The first-order chi connectivity index (χ1) is 7.24. The van der Waals surface area contributed by atoms with E-state index in [1.807, 2.05) is 0 Å². The molecule has 1 aromatic rings. The van der Waals surface area contributed by atoms with E-state index in [0.717, 1.165) is 0 Å². The zero-order valence-electron chi connectivity index (χ0n) is 8.30. The van der Waals surface area contributed by atoms with Gasteiger partial charge >= 0.3 is 11.9 Å². The van der Waals surface area contributed by atoms with Gasteiger partial charge in [0.15, 0.2) is 6.61 Å². The predicted molar refractivity (Wildman–Crippen MR) is 51.2 cm³/mol. The van der Waals surface area contributed by atoms with E-state index in [0.29, 0.717) is 5.56 Å². The first kappa shape index (κ1) is 11.2. The molecule has 0 aromatic carbocycles. The van der Waals surface area contributed by atoms with E-state index in [1.54, 1.807) is 25.3 Å². The minimum Gasteiger partial charge on any atom is -0.463 e. The van der Waals surface area contributed by atoms with Gasteiger partial charge in [0.25, 0.3) is 0 Å². The largest absolute Gasteiger partial charge is 0.463 e. The Labute approximate surface area is 87.0 Å². The third kappa shape index (κ3) is 3.76. The highest BCUT2D eigenvalue weighted by atomic mass is 16.6. The van der Waals surface area contributed by atoms with Gasteiger partial charge in [-0.3, -0.25) is 4.98 Å². The fourth-order valence-electron chi connectivity index (χ4n) is 0.894. The summed E-state index contributed by atoms with van der Waals surface area (Å²) >= 11 is 0. The van der Waals surface area contributed by atoms with E-state index in [-0.39, 0.29) is 13.2 Å². The highest BCUT2D eigenvalue weighted by Gasteiger charge is 2.09. The molecule has 0 aliphatic rings. The second-order valence-corrected chi connectivity index (χ2v) is 2.62. The molecule has 1 aromatic heterocycles. The lowest BCUT2D eigenvalue weighted by atomic mass is 10.3. The van der Waals surface area contributed by atoms with Gasteiger partial charge in [0.2, 0.25) is 0 Å². The van der Waals surface area contributed by atoms with Crippen molar-refractivity contribution in [3.63, 3.8) is 0 Å². The van der Waals surface area contributed by atoms with Crippen LogP contribution in [0.5, 0.6) is 0 Å². The van der Waals surface area contributed by atoms with Gasteiger partial charge in [0.1, 0.15) is 0 Å². The van der Waals surface area contributed by atoms with E-state index in [9.17, 15) is 9.59 Å².